The summed E-state index contributed by atoms with van der Waals surface area (Å²) < 4.78 is 0. The van der Waals surface area contributed by atoms with E-state index < -0.39 is 23.0 Å². The lowest BCUT2D eigenvalue weighted by Crippen LogP contribution is -2.55. The van der Waals surface area contributed by atoms with Gasteiger partial charge in [0.05, 0.1) is 12.2 Å². The van der Waals surface area contributed by atoms with Crippen molar-refractivity contribution in [3.63, 3.8) is 0 Å². The van der Waals surface area contributed by atoms with Gasteiger partial charge in [0.15, 0.2) is 0 Å². The quantitative estimate of drug-likeness (QED) is 0.723. The minimum absolute atomic E-state index is 0.153. The molecule has 2 aliphatic carbocycles. The van der Waals surface area contributed by atoms with E-state index in [1.807, 2.05) is 26.0 Å². The highest BCUT2D eigenvalue weighted by molar-refractivity contribution is 5.35. The van der Waals surface area contributed by atoms with Crippen LogP contribution in [0.4, 0.5) is 0 Å². The molecule has 25 heavy (non-hydrogen) atoms. The van der Waals surface area contributed by atoms with Gasteiger partial charge in [0.2, 0.25) is 0 Å². The molecule has 0 bridgehead atoms. The topological polar surface area (TPSA) is 40.5 Å². The smallest absolute Gasteiger partial charge is 0.0846 e. The first-order chi connectivity index (χ1) is 11.3. The maximum atomic E-state index is 11.2. The highest BCUT2D eigenvalue weighted by Gasteiger charge is 2.57. The van der Waals surface area contributed by atoms with Crippen LogP contribution < -0.4 is 0 Å². The summed E-state index contributed by atoms with van der Waals surface area (Å²) in [5.41, 5.74) is 0.786. The second kappa shape index (κ2) is 6.25. The molecule has 0 spiro atoms. The molecule has 2 aliphatic rings. The molecule has 2 nitrogen and oxygen atoms in total. The van der Waals surface area contributed by atoms with Gasteiger partial charge in [0, 0.05) is 10.8 Å². The van der Waals surface area contributed by atoms with Gasteiger partial charge in [-0.1, -0.05) is 78.0 Å². The predicted octanol–water partition coefficient (Wildman–Crippen LogP) is 5.20. The van der Waals surface area contributed by atoms with Gasteiger partial charge in [-0.15, -0.1) is 0 Å². The summed E-state index contributed by atoms with van der Waals surface area (Å²) in [6.07, 6.45) is 12.1. The van der Waals surface area contributed by atoms with E-state index >= 15 is 0 Å². The Morgan fingerprint density at radius 2 is 1.08 bits per heavy atom. The van der Waals surface area contributed by atoms with Crippen molar-refractivity contribution in [1.29, 1.82) is 0 Å². The lowest BCUT2D eigenvalue weighted by molar-refractivity contribution is -0.0853. The van der Waals surface area contributed by atoms with E-state index in [0.717, 1.165) is 11.1 Å². The maximum absolute atomic E-state index is 11.2. The molecule has 0 saturated heterocycles. The summed E-state index contributed by atoms with van der Waals surface area (Å²) in [5, 5.41) is 22.5. The zero-order chi connectivity index (χ0) is 19.3. The second-order valence-electron chi connectivity index (χ2n) is 10.1. The van der Waals surface area contributed by atoms with Gasteiger partial charge in [-0.05, 0) is 42.2 Å². The molecule has 2 rings (SSSR count). The standard InChI is InChI=1S/C23H36O2/c1-16-11-9-13-22(18(16)24,20(3,4)5)15-23(21(6,7)8)14-10-12-17(2)19(23)25/h9-14,18-19,24-25H,15H2,1-8H3. The van der Waals surface area contributed by atoms with E-state index in [9.17, 15) is 10.2 Å². The highest BCUT2D eigenvalue weighted by atomic mass is 16.3. The second-order valence-corrected chi connectivity index (χ2v) is 10.1. The number of hydrogen-bond acceptors (Lipinski definition) is 2. The maximum Gasteiger partial charge on any atom is 0.0846 e. The lowest BCUT2D eigenvalue weighted by atomic mass is 9.48. The third kappa shape index (κ3) is 3.08. The first-order valence-corrected chi connectivity index (χ1v) is 9.37. The fraction of sp³-hybridized carbons (Fsp3) is 0.652. The molecule has 2 heteroatoms. The highest BCUT2D eigenvalue weighted by Crippen LogP contribution is 2.60. The Balaban J connectivity index is 2.65. The average molecular weight is 345 g/mol. The Kier molecular flexibility index (Phi) is 5.04. The van der Waals surface area contributed by atoms with Gasteiger partial charge in [-0.3, -0.25) is 0 Å². The Labute approximate surface area is 154 Å². The van der Waals surface area contributed by atoms with Gasteiger partial charge >= 0.3 is 0 Å². The van der Waals surface area contributed by atoms with E-state index in [0.29, 0.717) is 6.42 Å². The van der Waals surface area contributed by atoms with Crippen molar-refractivity contribution in [2.45, 2.75) is 74.0 Å². The zero-order valence-electron chi connectivity index (χ0n) is 17.2. The van der Waals surface area contributed by atoms with Gasteiger partial charge in [-0.25, -0.2) is 0 Å². The van der Waals surface area contributed by atoms with E-state index in [4.69, 9.17) is 0 Å². The Morgan fingerprint density at radius 3 is 1.36 bits per heavy atom. The van der Waals surface area contributed by atoms with Crippen molar-refractivity contribution in [2.24, 2.45) is 21.7 Å². The first-order valence-electron chi connectivity index (χ1n) is 9.37. The van der Waals surface area contributed by atoms with Crippen LogP contribution in [-0.2, 0) is 0 Å². The van der Waals surface area contributed by atoms with Crippen LogP contribution in [0.15, 0.2) is 47.6 Å². The van der Waals surface area contributed by atoms with Gasteiger partial charge in [0.1, 0.15) is 0 Å². The van der Waals surface area contributed by atoms with Crippen LogP contribution in [0.2, 0.25) is 0 Å². The van der Waals surface area contributed by atoms with Crippen LogP contribution in [0, 0.1) is 21.7 Å². The molecule has 0 aromatic carbocycles. The Morgan fingerprint density at radius 1 is 0.760 bits per heavy atom. The summed E-state index contributed by atoms with van der Waals surface area (Å²) in [6, 6.07) is 0. The number of allylic oxidation sites excluding steroid dienone is 4. The molecule has 0 saturated carbocycles. The zero-order valence-corrected chi connectivity index (χ0v) is 17.2. The van der Waals surface area contributed by atoms with Crippen LogP contribution in [0.5, 0.6) is 0 Å². The summed E-state index contributed by atoms with van der Waals surface area (Å²) >= 11 is 0. The van der Waals surface area contributed by atoms with E-state index in [1.165, 1.54) is 0 Å². The molecule has 0 amide bonds. The van der Waals surface area contributed by atoms with Crippen molar-refractivity contribution in [2.75, 3.05) is 0 Å². The van der Waals surface area contributed by atoms with Crippen molar-refractivity contribution in [3.05, 3.63) is 47.6 Å². The number of hydrogen-bond donors (Lipinski definition) is 2. The average Bonchev–Trinajstić information content (AvgIpc) is 2.46. The molecule has 2 N–H and O–H groups in total. The van der Waals surface area contributed by atoms with Gasteiger partial charge in [-0.2, -0.15) is 0 Å². The van der Waals surface area contributed by atoms with Crippen LogP contribution in [0.1, 0.15) is 61.8 Å². The predicted molar refractivity (Wildman–Crippen MR) is 106 cm³/mol. The van der Waals surface area contributed by atoms with E-state index in [2.05, 4.69) is 65.8 Å². The van der Waals surface area contributed by atoms with E-state index in [-0.39, 0.29) is 10.8 Å². The molecular weight excluding hydrogens is 308 g/mol. The molecule has 4 atom stereocenters. The molecule has 0 aromatic heterocycles. The molecule has 140 valence electrons. The summed E-state index contributed by atoms with van der Waals surface area (Å²) in [5.74, 6) is 0. The fourth-order valence-electron chi connectivity index (χ4n) is 4.57. The molecular formula is C23H36O2. The number of aliphatic hydroxyl groups is 2. The molecule has 0 fully saturated rings. The van der Waals surface area contributed by atoms with Crippen LogP contribution in [0.3, 0.4) is 0 Å². The van der Waals surface area contributed by atoms with Crippen molar-refractivity contribution < 1.29 is 10.2 Å². The molecule has 0 heterocycles. The largest absolute Gasteiger partial charge is 0.388 e. The van der Waals surface area contributed by atoms with Crippen molar-refractivity contribution in [1.82, 2.24) is 0 Å². The van der Waals surface area contributed by atoms with Crippen LogP contribution >= 0.6 is 0 Å². The van der Waals surface area contributed by atoms with Crippen molar-refractivity contribution >= 4 is 0 Å². The van der Waals surface area contributed by atoms with Gasteiger partial charge < -0.3 is 10.2 Å². The lowest BCUT2D eigenvalue weighted by Gasteiger charge is -2.57. The van der Waals surface area contributed by atoms with Crippen LogP contribution in [0.25, 0.3) is 0 Å². The number of rotatable bonds is 2. The fourth-order valence-corrected chi connectivity index (χ4v) is 4.57. The number of aliphatic hydroxyl groups excluding tert-OH is 2. The first kappa shape index (κ1) is 20.2. The third-order valence-electron chi connectivity index (χ3n) is 6.72. The summed E-state index contributed by atoms with van der Waals surface area (Å²) in [7, 11) is 0. The summed E-state index contributed by atoms with van der Waals surface area (Å²) in [6.45, 7) is 17.1. The summed E-state index contributed by atoms with van der Waals surface area (Å²) in [4.78, 5) is 0. The molecule has 0 aromatic rings. The molecule has 0 radical (unpaired) electrons. The van der Waals surface area contributed by atoms with E-state index in [1.54, 1.807) is 0 Å². The molecule has 0 aliphatic heterocycles. The Hall–Kier alpha value is -1.12. The van der Waals surface area contributed by atoms with Crippen molar-refractivity contribution in [3.8, 4) is 0 Å². The van der Waals surface area contributed by atoms with Crippen LogP contribution in [-0.4, -0.2) is 22.4 Å². The Bertz CT molecular complexity index is 580. The van der Waals surface area contributed by atoms with Gasteiger partial charge in [0.25, 0.3) is 0 Å². The minimum Gasteiger partial charge on any atom is -0.388 e. The SMILES string of the molecule is CC1=CC=CC(CC2(C(C)(C)C)C=CC=C(C)C2O)(C(C)(C)C)C1O. The molecule has 4 unspecified atom stereocenters. The third-order valence-corrected chi connectivity index (χ3v) is 6.72. The minimum atomic E-state index is -0.552. The normalized spacial score (nSPS) is 36.2. The monoisotopic (exact) mass is 344 g/mol.